The van der Waals surface area contributed by atoms with Gasteiger partial charge in [0, 0.05) is 25.5 Å². The summed E-state index contributed by atoms with van der Waals surface area (Å²) in [7, 11) is 0. The molecular weight excluding hydrogens is 820 g/mol. The average molecular weight is 861 g/mol. The molecule has 4 aromatic rings. The molecule has 0 saturated carbocycles. The SMILES string of the molecule is CCCCc1nc(Cl)c(C(=O)OC(C)OC(=O)O[C@@H]2COC3C2OC[C@H]3OCCOC[C@H](CO[N+](=O)[O-])O[N+](=O)[O-])n1Cc1ccc(-c2ccccc2-c2nn[nH]n2)cc1. The molecule has 60 heavy (non-hydrogen) atoms. The number of carbonyl (C=O) groups excluding carboxylic acids is 2. The number of aromatic amines is 1. The Balaban J connectivity index is 0.997. The smallest absolute Gasteiger partial charge is 0.426 e. The first-order valence-corrected chi connectivity index (χ1v) is 19.1. The number of fused-ring (bicyclic) bond motifs is 1. The maximum atomic E-state index is 13.6. The molecular formula is C36H41ClN8O15. The molecule has 24 heteroatoms. The third-order valence-corrected chi connectivity index (χ3v) is 9.54. The number of rotatable bonds is 22. The molecule has 6 rings (SSSR count). The van der Waals surface area contributed by atoms with Gasteiger partial charge in [-0.15, -0.1) is 30.4 Å². The topological polar surface area (TPSA) is 276 Å². The van der Waals surface area contributed by atoms with Crippen molar-refractivity contribution in [3.8, 4) is 22.5 Å². The molecule has 3 unspecified atom stereocenters. The van der Waals surface area contributed by atoms with E-state index >= 15 is 0 Å². The van der Waals surface area contributed by atoms with E-state index in [2.05, 4.69) is 35.3 Å². The number of carbonyl (C=O) groups is 2. The first-order valence-electron chi connectivity index (χ1n) is 18.8. The Labute approximate surface area is 345 Å². The first-order chi connectivity index (χ1) is 29.0. The number of benzene rings is 2. The van der Waals surface area contributed by atoms with Gasteiger partial charge in [0.2, 0.25) is 12.1 Å². The highest BCUT2D eigenvalue weighted by molar-refractivity contribution is 6.32. The summed E-state index contributed by atoms with van der Waals surface area (Å²) in [5.41, 5.74) is 3.49. The molecule has 322 valence electrons. The van der Waals surface area contributed by atoms with Crippen molar-refractivity contribution in [1.29, 1.82) is 0 Å². The van der Waals surface area contributed by atoms with Crippen LogP contribution >= 0.6 is 11.6 Å². The molecule has 0 aliphatic carbocycles. The zero-order valence-electron chi connectivity index (χ0n) is 32.3. The molecule has 2 aliphatic rings. The van der Waals surface area contributed by atoms with E-state index in [-0.39, 0.29) is 50.4 Å². The maximum absolute atomic E-state index is 13.6. The Bertz CT molecular complexity index is 2070. The largest absolute Gasteiger partial charge is 0.511 e. The van der Waals surface area contributed by atoms with Crippen LogP contribution in [-0.4, -0.2) is 129 Å². The van der Waals surface area contributed by atoms with Gasteiger partial charge >= 0.3 is 12.1 Å². The van der Waals surface area contributed by atoms with Crippen molar-refractivity contribution in [2.45, 2.75) is 76.5 Å². The van der Waals surface area contributed by atoms with E-state index in [1.807, 2.05) is 55.5 Å². The van der Waals surface area contributed by atoms with Gasteiger partial charge < -0.3 is 47.4 Å². The van der Waals surface area contributed by atoms with Crippen molar-refractivity contribution >= 4 is 23.7 Å². The van der Waals surface area contributed by atoms with E-state index in [1.54, 1.807) is 4.57 Å². The normalized spacial score (nSPS) is 19.2. The van der Waals surface area contributed by atoms with Crippen LogP contribution in [0.25, 0.3) is 22.5 Å². The van der Waals surface area contributed by atoms with Gasteiger partial charge in [-0.25, -0.2) is 14.6 Å². The van der Waals surface area contributed by atoms with Gasteiger partial charge in [0.1, 0.15) is 30.7 Å². The standard InChI is InChI=1S/C36H41ClN8O15/c1-3-4-9-29-38-33(37)30(43(29)16-22-10-12-23(13-11-22)25-7-5-6-8-26(25)34-39-41-42-40-34)35(46)57-21(2)58-36(47)59-28-20-55-31-27(19-54-32(28)31)53-15-14-52-17-24(60-45(50)51)18-56-44(48)49/h5-8,10-13,21,24,27-28,31-32H,3-4,9,14-20H2,1-2H3,(H,39,40,41,42)/t21?,24-,27-,28-,31?,32?/m1/s1. The van der Waals surface area contributed by atoms with E-state index in [0.29, 0.717) is 18.1 Å². The highest BCUT2D eigenvalue weighted by Gasteiger charge is 2.50. The quantitative estimate of drug-likeness (QED) is 0.0387. The van der Waals surface area contributed by atoms with Gasteiger partial charge in [0.15, 0.2) is 23.1 Å². The van der Waals surface area contributed by atoms with Gasteiger partial charge in [-0.05, 0) is 28.3 Å². The summed E-state index contributed by atoms with van der Waals surface area (Å²) in [5, 5.41) is 33.1. The summed E-state index contributed by atoms with van der Waals surface area (Å²) in [4.78, 5) is 60.3. The Kier molecular flexibility index (Phi) is 15.1. The molecule has 2 aromatic carbocycles. The second-order valence-electron chi connectivity index (χ2n) is 13.4. The second-order valence-corrected chi connectivity index (χ2v) is 13.7. The van der Waals surface area contributed by atoms with E-state index in [1.165, 1.54) is 6.92 Å². The van der Waals surface area contributed by atoms with Gasteiger partial charge in [-0.2, -0.15) is 5.21 Å². The van der Waals surface area contributed by atoms with Crippen LogP contribution in [0.3, 0.4) is 0 Å². The monoisotopic (exact) mass is 860 g/mol. The predicted octanol–water partition coefficient (Wildman–Crippen LogP) is 3.78. The fourth-order valence-corrected chi connectivity index (χ4v) is 6.85. The molecule has 23 nitrogen and oxygen atoms in total. The van der Waals surface area contributed by atoms with Crippen molar-refractivity contribution < 1.29 is 62.6 Å². The number of H-pyrrole nitrogens is 1. The number of nitrogens with zero attached hydrogens (tertiary/aromatic N) is 7. The number of unbranched alkanes of at least 4 members (excludes halogenated alkanes) is 1. The Morgan fingerprint density at radius 2 is 1.72 bits per heavy atom. The molecule has 0 spiro atoms. The Morgan fingerprint density at radius 1 is 0.983 bits per heavy atom. The van der Waals surface area contributed by atoms with Crippen molar-refractivity contribution in [3.63, 3.8) is 0 Å². The molecule has 1 N–H and O–H groups in total. The zero-order valence-corrected chi connectivity index (χ0v) is 33.0. The van der Waals surface area contributed by atoms with Crippen LogP contribution in [0.4, 0.5) is 4.79 Å². The van der Waals surface area contributed by atoms with Crippen LogP contribution < -0.4 is 0 Å². The lowest BCUT2D eigenvalue weighted by atomic mass is 9.98. The van der Waals surface area contributed by atoms with Crippen LogP contribution in [0.5, 0.6) is 0 Å². The van der Waals surface area contributed by atoms with E-state index in [9.17, 15) is 29.8 Å². The van der Waals surface area contributed by atoms with Gasteiger partial charge in [-0.1, -0.05) is 73.5 Å². The molecule has 4 heterocycles. The number of imidazole rings is 1. The number of aryl methyl sites for hydroxylation is 1. The Morgan fingerprint density at radius 3 is 2.42 bits per heavy atom. The minimum atomic E-state index is -1.39. The summed E-state index contributed by atoms with van der Waals surface area (Å²) in [6.07, 6.45) is -4.35. The lowest BCUT2D eigenvalue weighted by Gasteiger charge is -2.19. The molecule has 0 bridgehead atoms. The fourth-order valence-electron chi connectivity index (χ4n) is 6.57. The first kappa shape index (κ1) is 43.6. The van der Waals surface area contributed by atoms with E-state index in [0.717, 1.165) is 35.1 Å². The van der Waals surface area contributed by atoms with Crippen LogP contribution in [-0.2, 0) is 55.8 Å². The maximum Gasteiger partial charge on any atom is 0.511 e. The summed E-state index contributed by atoms with van der Waals surface area (Å²) in [6, 6.07) is 15.5. The van der Waals surface area contributed by atoms with Crippen molar-refractivity contribution in [2.75, 3.05) is 39.6 Å². The number of ether oxygens (including phenoxy) is 7. The summed E-state index contributed by atoms with van der Waals surface area (Å²) >= 11 is 6.54. The van der Waals surface area contributed by atoms with E-state index < -0.39 is 65.7 Å². The lowest BCUT2D eigenvalue weighted by Crippen LogP contribution is -2.36. The van der Waals surface area contributed by atoms with Gasteiger partial charge in [0.05, 0.1) is 33.0 Å². The number of esters is 1. The number of hydrogen-bond donors (Lipinski definition) is 1. The van der Waals surface area contributed by atoms with Crippen molar-refractivity contribution in [1.82, 2.24) is 30.2 Å². The van der Waals surface area contributed by atoms with Crippen LogP contribution in [0.1, 0.15) is 48.6 Å². The number of nitrogens with one attached hydrogen (secondary N) is 1. The number of hydrogen-bond acceptors (Lipinski definition) is 19. The zero-order chi connectivity index (χ0) is 42.6. The summed E-state index contributed by atoms with van der Waals surface area (Å²) in [6.45, 7) is 2.57. The van der Waals surface area contributed by atoms with Crippen molar-refractivity contribution in [2.24, 2.45) is 0 Å². The average Bonchev–Trinajstić information content (AvgIpc) is 4.03. The molecule has 0 radical (unpaired) electrons. The molecule has 2 fully saturated rings. The third-order valence-electron chi connectivity index (χ3n) is 9.28. The predicted molar refractivity (Wildman–Crippen MR) is 201 cm³/mol. The third kappa shape index (κ3) is 11.4. The summed E-state index contributed by atoms with van der Waals surface area (Å²) < 4.78 is 40.5. The molecule has 2 aromatic heterocycles. The molecule has 6 atom stereocenters. The molecule has 2 saturated heterocycles. The summed E-state index contributed by atoms with van der Waals surface area (Å²) in [5.74, 6) is 0.194. The van der Waals surface area contributed by atoms with E-state index in [4.69, 9.17) is 44.8 Å². The minimum absolute atomic E-state index is 0.00508. The fraction of sp³-hybridized carbons (Fsp3) is 0.500. The number of aromatic nitrogens is 6. The minimum Gasteiger partial charge on any atom is -0.426 e. The molecule has 2 aliphatic heterocycles. The highest BCUT2D eigenvalue weighted by Crippen LogP contribution is 2.32. The van der Waals surface area contributed by atoms with Crippen LogP contribution in [0, 0.1) is 20.2 Å². The second kappa shape index (κ2) is 20.8. The van der Waals surface area contributed by atoms with Crippen LogP contribution in [0.2, 0.25) is 5.15 Å². The number of halogens is 1. The molecule has 0 amide bonds. The highest BCUT2D eigenvalue weighted by atomic mass is 35.5. The van der Waals surface area contributed by atoms with Crippen LogP contribution in [0.15, 0.2) is 48.5 Å². The van der Waals surface area contributed by atoms with Crippen molar-refractivity contribution in [3.05, 3.63) is 91.0 Å². The number of tetrazole rings is 1. The Hall–Kier alpha value is -6.01. The van der Waals surface area contributed by atoms with Gasteiger partial charge in [-0.3, -0.25) is 0 Å². The lowest BCUT2D eigenvalue weighted by molar-refractivity contribution is -0.790. The van der Waals surface area contributed by atoms with Gasteiger partial charge in [0.25, 0.3) is 10.2 Å².